The standard InChI is InChI=1S/C22H22N2O4/c1-22(15-17-9-5-6-10-18(17)20(26)28-22)21(27)24-13-11-23(12-14-24)19(25)16-7-3-2-4-8-16/h2-10H,11-15H2,1H3. The summed E-state index contributed by atoms with van der Waals surface area (Å²) in [6.45, 7) is 3.43. The lowest BCUT2D eigenvalue weighted by molar-refractivity contribution is -0.152. The number of cyclic esters (lactones) is 1. The van der Waals surface area contributed by atoms with Crippen molar-refractivity contribution in [3.8, 4) is 0 Å². The summed E-state index contributed by atoms with van der Waals surface area (Å²) < 4.78 is 5.55. The highest BCUT2D eigenvalue weighted by Gasteiger charge is 2.45. The molecule has 2 heterocycles. The van der Waals surface area contributed by atoms with Crippen LogP contribution >= 0.6 is 0 Å². The lowest BCUT2D eigenvalue weighted by Gasteiger charge is -2.40. The predicted molar refractivity (Wildman–Crippen MR) is 103 cm³/mol. The summed E-state index contributed by atoms with van der Waals surface area (Å²) in [6.07, 6.45) is 0.358. The van der Waals surface area contributed by atoms with Crippen LogP contribution in [0.5, 0.6) is 0 Å². The van der Waals surface area contributed by atoms with Crippen LogP contribution in [0.1, 0.15) is 33.2 Å². The maximum absolute atomic E-state index is 13.1. The molecule has 2 amide bonds. The van der Waals surface area contributed by atoms with Crippen molar-refractivity contribution in [3.05, 3.63) is 71.3 Å². The molecule has 0 aromatic heterocycles. The molecule has 0 N–H and O–H groups in total. The normalized spacial score (nSPS) is 21.7. The van der Waals surface area contributed by atoms with Crippen molar-refractivity contribution >= 4 is 17.8 Å². The van der Waals surface area contributed by atoms with Crippen molar-refractivity contribution < 1.29 is 19.1 Å². The Kier molecular flexibility index (Phi) is 4.63. The summed E-state index contributed by atoms with van der Waals surface area (Å²) in [7, 11) is 0. The third kappa shape index (κ3) is 3.26. The first-order chi connectivity index (χ1) is 13.5. The van der Waals surface area contributed by atoms with Gasteiger partial charge in [0.05, 0.1) is 5.56 Å². The molecule has 1 atom stereocenters. The fourth-order valence-electron chi connectivity index (χ4n) is 3.86. The van der Waals surface area contributed by atoms with Gasteiger partial charge in [0.15, 0.2) is 5.60 Å². The first-order valence-corrected chi connectivity index (χ1v) is 9.43. The molecule has 1 saturated heterocycles. The number of amides is 2. The monoisotopic (exact) mass is 378 g/mol. The molecular weight excluding hydrogens is 356 g/mol. The lowest BCUT2D eigenvalue weighted by Crippen LogP contribution is -2.58. The fourth-order valence-corrected chi connectivity index (χ4v) is 3.86. The van der Waals surface area contributed by atoms with E-state index in [-0.39, 0.29) is 11.8 Å². The zero-order valence-corrected chi connectivity index (χ0v) is 15.8. The van der Waals surface area contributed by atoms with E-state index in [9.17, 15) is 14.4 Å². The van der Waals surface area contributed by atoms with Crippen molar-refractivity contribution in [1.29, 1.82) is 0 Å². The Labute approximate surface area is 163 Å². The quantitative estimate of drug-likeness (QED) is 0.751. The van der Waals surface area contributed by atoms with Crippen molar-refractivity contribution in [2.45, 2.75) is 18.9 Å². The van der Waals surface area contributed by atoms with Crippen molar-refractivity contribution in [3.63, 3.8) is 0 Å². The predicted octanol–water partition coefficient (Wildman–Crippen LogP) is 2.14. The molecule has 2 aliphatic heterocycles. The van der Waals surface area contributed by atoms with E-state index in [1.54, 1.807) is 41.0 Å². The van der Waals surface area contributed by atoms with Gasteiger partial charge in [-0.2, -0.15) is 0 Å². The van der Waals surface area contributed by atoms with E-state index in [0.717, 1.165) is 5.56 Å². The van der Waals surface area contributed by atoms with Gasteiger partial charge in [0.2, 0.25) is 0 Å². The molecule has 2 aliphatic rings. The zero-order valence-electron chi connectivity index (χ0n) is 15.8. The molecule has 0 bridgehead atoms. The van der Waals surface area contributed by atoms with Gasteiger partial charge in [-0.15, -0.1) is 0 Å². The topological polar surface area (TPSA) is 66.9 Å². The van der Waals surface area contributed by atoms with E-state index >= 15 is 0 Å². The van der Waals surface area contributed by atoms with Crippen molar-refractivity contribution in [1.82, 2.24) is 9.80 Å². The van der Waals surface area contributed by atoms with E-state index in [1.807, 2.05) is 30.3 Å². The van der Waals surface area contributed by atoms with Crippen molar-refractivity contribution in [2.75, 3.05) is 26.2 Å². The number of hydrogen-bond acceptors (Lipinski definition) is 4. The molecule has 144 valence electrons. The van der Waals surface area contributed by atoms with Gasteiger partial charge >= 0.3 is 5.97 Å². The third-order valence-corrected chi connectivity index (χ3v) is 5.41. The smallest absolute Gasteiger partial charge is 0.339 e. The van der Waals surface area contributed by atoms with Crippen LogP contribution in [-0.4, -0.2) is 59.4 Å². The minimum absolute atomic E-state index is 0.0306. The molecule has 1 unspecified atom stereocenters. The van der Waals surface area contributed by atoms with Gasteiger partial charge in [-0.1, -0.05) is 36.4 Å². The number of carbonyl (C=O) groups is 3. The van der Waals surface area contributed by atoms with E-state index < -0.39 is 11.6 Å². The average molecular weight is 378 g/mol. The summed E-state index contributed by atoms with van der Waals surface area (Å²) in [6, 6.07) is 16.3. The number of rotatable bonds is 2. The Morgan fingerprint density at radius 1 is 0.893 bits per heavy atom. The molecular formula is C22H22N2O4. The molecule has 6 heteroatoms. The first kappa shape index (κ1) is 18.2. The first-order valence-electron chi connectivity index (χ1n) is 9.43. The molecule has 4 rings (SSSR count). The Balaban J connectivity index is 1.43. The Morgan fingerprint density at radius 3 is 2.21 bits per heavy atom. The van der Waals surface area contributed by atoms with Gasteiger partial charge in [0.1, 0.15) is 0 Å². The molecule has 0 aliphatic carbocycles. The van der Waals surface area contributed by atoms with Gasteiger partial charge in [-0.3, -0.25) is 9.59 Å². The lowest BCUT2D eigenvalue weighted by atomic mass is 9.88. The van der Waals surface area contributed by atoms with E-state index in [2.05, 4.69) is 0 Å². The largest absolute Gasteiger partial charge is 0.445 e. The summed E-state index contributed by atoms with van der Waals surface area (Å²) >= 11 is 0. The van der Waals surface area contributed by atoms with Crippen LogP contribution in [0.3, 0.4) is 0 Å². The molecule has 28 heavy (non-hydrogen) atoms. The Hall–Kier alpha value is -3.15. The Bertz CT molecular complexity index is 919. The highest BCUT2D eigenvalue weighted by molar-refractivity contribution is 5.98. The fraction of sp³-hybridized carbons (Fsp3) is 0.318. The average Bonchev–Trinajstić information content (AvgIpc) is 2.73. The number of hydrogen-bond donors (Lipinski definition) is 0. The van der Waals surface area contributed by atoms with E-state index in [4.69, 9.17) is 4.74 Å². The van der Waals surface area contributed by atoms with Gasteiger partial charge in [-0.05, 0) is 30.7 Å². The van der Waals surface area contributed by atoms with Crippen LogP contribution < -0.4 is 0 Å². The maximum atomic E-state index is 13.1. The number of piperazine rings is 1. The second-order valence-electron chi connectivity index (χ2n) is 7.40. The number of carbonyl (C=O) groups excluding carboxylic acids is 3. The molecule has 0 saturated carbocycles. The van der Waals surface area contributed by atoms with E-state index in [0.29, 0.717) is 43.7 Å². The molecule has 1 fully saturated rings. The number of fused-ring (bicyclic) bond motifs is 1. The Morgan fingerprint density at radius 2 is 1.50 bits per heavy atom. The summed E-state index contributed by atoms with van der Waals surface area (Å²) in [5.41, 5.74) is 0.780. The summed E-state index contributed by atoms with van der Waals surface area (Å²) in [5, 5.41) is 0. The van der Waals surface area contributed by atoms with Crippen molar-refractivity contribution in [2.24, 2.45) is 0 Å². The number of ether oxygens (including phenoxy) is 1. The molecule has 6 nitrogen and oxygen atoms in total. The van der Waals surface area contributed by atoms with Crippen LogP contribution in [0.2, 0.25) is 0 Å². The van der Waals surface area contributed by atoms with Gasteiger partial charge in [0.25, 0.3) is 11.8 Å². The van der Waals surface area contributed by atoms with Crippen LogP contribution in [0.15, 0.2) is 54.6 Å². The van der Waals surface area contributed by atoms with Crippen LogP contribution in [0.4, 0.5) is 0 Å². The number of nitrogens with zero attached hydrogens (tertiary/aromatic N) is 2. The third-order valence-electron chi connectivity index (χ3n) is 5.41. The second-order valence-corrected chi connectivity index (χ2v) is 7.40. The SMILES string of the molecule is CC1(C(=O)N2CCN(C(=O)c3ccccc3)CC2)Cc2ccccc2C(=O)O1. The van der Waals surface area contributed by atoms with Crippen LogP contribution in [0.25, 0.3) is 0 Å². The molecule has 0 radical (unpaired) electrons. The van der Waals surface area contributed by atoms with Gasteiger partial charge in [-0.25, -0.2) is 4.79 Å². The molecule has 2 aromatic rings. The van der Waals surface area contributed by atoms with E-state index in [1.165, 1.54) is 0 Å². The molecule has 0 spiro atoms. The molecule has 2 aromatic carbocycles. The minimum atomic E-state index is -1.21. The highest BCUT2D eigenvalue weighted by Crippen LogP contribution is 2.30. The van der Waals surface area contributed by atoms with Gasteiger partial charge < -0.3 is 14.5 Å². The second kappa shape index (κ2) is 7.11. The van der Waals surface area contributed by atoms with Gasteiger partial charge in [0, 0.05) is 38.2 Å². The number of benzene rings is 2. The zero-order chi connectivity index (χ0) is 19.7. The minimum Gasteiger partial charge on any atom is -0.445 e. The highest BCUT2D eigenvalue weighted by atomic mass is 16.6. The summed E-state index contributed by atoms with van der Waals surface area (Å²) in [5.74, 6) is -0.699. The maximum Gasteiger partial charge on any atom is 0.339 e. The number of esters is 1. The van der Waals surface area contributed by atoms with Crippen LogP contribution in [-0.2, 0) is 16.0 Å². The van der Waals surface area contributed by atoms with Crippen LogP contribution in [0, 0.1) is 0 Å². The summed E-state index contributed by atoms with van der Waals surface area (Å²) in [4.78, 5) is 41.5.